The molecule has 2 aliphatic rings. The molecule has 222 valence electrons. The predicted molar refractivity (Wildman–Crippen MR) is 161 cm³/mol. The molecular weight excluding hydrogens is 534 g/mol. The first-order chi connectivity index (χ1) is 20.6. The zero-order valence-corrected chi connectivity index (χ0v) is 24.2. The molecule has 1 N–H and O–H groups in total. The van der Waals surface area contributed by atoms with Crippen molar-refractivity contribution in [2.45, 2.75) is 19.9 Å². The first-order valence-corrected chi connectivity index (χ1v) is 14.6. The van der Waals surface area contributed by atoms with Crippen LogP contribution in [0.5, 0.6) is 5.75 Å². The van der Waals surface area contributed by atoms with Gasteiger partial charge in [0.05, 0.1) is 45.1 Å². The third-order valence-corrected chi connectivity index (χ3v) is 7.27. The average molecular weight is 574 g/mol. The Morgan fingerprint density at radius 2 is 1.64 bits per heavy atom. The highest BCUT2D eigenvalue weighted by Gasteiger charge is 2.17. The number of carbonyl (C=O) groups is 2. The summed E-state index contributed by atoms with van der Waals surface area (Å²) in [4.78, 5) is 29.6. The van der Waals surface area contributed by atoms with Gasteiger partial charge in [0, 0.05) is 49.5 Å². The normalized spacial score (nSPS) is 16.5. The highest BCUT2D eigenvalue weighted by Crippen LogP contribution is 2.28. The van der Waals surface area contributed by atoms with E-state index < -0.39 is 5.97 Å². The van der Waals surface area contributed by atoms with E-state index in [0.29, 0.717) is 50.8 Å². The lowest BCUT2D eigenvalue weighted by molar-refractivity contribution is -0.117. The summed E-state index contributed by atoms with van der Waals surface area (Å²) in [6, 6.07) is 21.7. The zero-order chi connectivity index (χ0) is 29.1. The van der Waals surface area contributed by atoms with Crippen LogP contribution in [0.1, 0.15) is 34.0 Å². The van der Waals surface area contributed by atoms with E-state index in [9.17, 15) is 9.59 Å². The van der Waals surface area contributed by atoms with Gasteiger partial charge in [0.25, 0.3) is 0 Å². The van der Waals surface area contributed by atoms with Gasteiger partial charge >= 0.3 is 5.97 Å². The Morgan fingerprint density at radius 3 is 2.50 bits per heavy atom. The summed E-state index contributed by atoms with van der Waals surface area (Å²) in [7, 11) is 0. The van der Waals surface area contributed by atoms with Crippen LogP contribution >= 0.6 is 0 Å². The SMILES string of the molecule is CCOC(=O)c1cccc(NC(=O)CN2CCOCCOc3ccc(N4CCOCC4)cc3Cc3cccc(c3)C2)c1. The number of hydrogen-bond donors (Lipinski definition) is 1. The number of nitrogens with one attached hydrogen (secondary N) is 1. The molecule has 0 unspecified atom stereocenters. The van der Waals surface area contributed by atoms with E-state index in [-0.39, 0.29) is 12.5 Å². The number of carbonyl (C=O) groups excluding carboxylic acids is 2. The number of ether oxygens (including phenoxy) is 4. The molecule has 1 saturated heterocycles. The molecule has 3 aromatic carbocycles. The second kappa shape index (κ2) is 14.8. The molecule has 9 nitrogen and oxygen atoms in total. The first kappa shape index (κ1) is 29.6. The van der Waals surface area contributed by atoms with E-state index >= 15 is 0 Å². The van der Waals surface area contributed by atoms with Gasteiger partial charge in [-0.05, 0) is 54.4 Å². The smallest absolute Gasteiger partial charge is 0.338 e. The summed E-state index contributed by atoms with van der Waals surface area (Å²) < 4.78 is 22.7. The van der Waals surface area contributed by atoms with Crippen molar-refractivity contribution in [1.82, 2.24) is 4.90 Å². The molecule has 0 spiro atoms. The Balaban J connectivity index is 1.29. The van der Waals surface area contributed by atoms with Gasteiger partial charge in [-0.3, -0.25) is 9.69 Å². The van der Waals surface area contributed by atoms with Crippen LogP contribution in [-0.2, 0) is 32.0 Å². The minimum absolute atomic E-state index is 0.166. The summed E-state index contributed by atoms with van der Waals surface area (Å²) in [6.45, 7) is 8.02. The third kappa shape index (κ3) is 8.31. The van der Waals surface area contributed by atoms with Crippen molar-refractivity contribution in [1.29, 1.82) is 0 Å². The zero-order valence-electron chi connectivity index (χ0n) is 24.2. The second-order valence-corrected chi connectivity index (χ2v) is 10.4. The van der Waals surface area contributed by atoms with E-state index in [1.54, 1.807) is 31.2 Å². The van der Waals surface area contributed by atoms with Gasteiger partial charge in [-0.25, -0.2) is 4.79 Å². The molecule has 0 saturated carbocycles. The van der Waals surface area contributed by atoms with E-state index in [0.717, 1.165) is 49.6 Å². The standard InChI is InChI=1S/C33H39N3O6/c1-2-41-33(38)27-7-4-8-29(21-27)34-32(37)24-35-11-14-40-17-18-42-31-10-9-30(36-12-15-39-16-13-36)22-28(31)20-25-5-3-6-26(19-25)23-35/h3-10,19,21-22H,2,11-18,20,23-24H2,1H3,(H,34,37). The molecule has 3 aromatic rings. The fraction of sp³-hybridized carbons (Fsp3) is 0.394. The largest absolute Gasteiger partial charge is 0.491 e. The summed E-state index contributed by atoms with van der Waals surface area (Å²) in [6.07, 6.45) is 0.736. The lowest BCUT2D eigenvalue weighted by Crippen LogP contribution is -2.36. The van der Waals surface area contributed by atoms with E-state index in [1.165, 1.54) is 11.3 Å². The summed E-state index contributed by atoms with van der Waals surface area (Å²) >= 11 is 0. The van der Waals surface area contributed by atoms with Crippen LogP contribution in [0.4, 0.5) is 11.4 Å². The number of amides is 1. The number of benzene rings is 3. The molecule has 0 atom stereocenters. The number of rotatable bonds is 6. The second-order valence-electron chi connectivity index (χ2n) is 10.4. The van der Waals surface area contributed by atoms with Gasteiger partial charge in [0.1, 0.15) is 12.4 Å². The number of esters is 1. The Morgan fingerprint density at radius 1 is 0.857 bits per heavy atom. The van der Waals surface area contributed by atoms with Crippen LogP contribution in [0.3, 0.4) is 0 Å². The fourth-order valence-corrected chi connectivity index (χ4v) is 5.24. The lowest BCUT2D eigenvalue weighted by Gasteiger charge is -2.29. The number of anilines is 2. The maximum Gasteiger partial charge on any atom is 0.338 e. The molecule has 2 aliphatic heterocycles. The number of nitrogens with zero attached hydrogens (tertiary/aromatic N) is 2. The Labute approximate surface area is 247 Å². The van der Waals surface area contributed by atoms with Crippen LogP contribution in [0, 0.1) is 0 Å². The fourth-order valence-electron chi connectivity index (χ4n) is 5.24. The summed E-state index contributed by atoms with van der Waals surface area (Å²) in [5.41, 5.74) is 5.57. The molecular formula is C33H39N3O6. The number of hydrogen-bond acceptors (Lipinski definition) is 8. The van der Waals surface area contributed by atoms with Crippen molar-refractivity contribution in [3.8, 4) is 5.75 Å². The molecule has 42 heavy (non-hydrogen) atoms. The van der Waals surface area contributed by atoms with Crippen LogP contribution in [0.15, 0.2) is 66.7 Å². The minimum Gasteiger partial charge on any atom is -0.491 e. The Hall–Kier alpha value is -3.92. The highest BCUT2D eigenvalue weighted by atomic mass is 16.5. The molecule has 0 aromatic heterocycles. The topological polar surface area (TPSA) is 89.6 Å². The molecule has 2 bridgehead atoms. The van der Waals surface area contributed by atoms with Crippen molar-refractivity contribution < 1.29 is 28.5 Å². The monoisotopic (exact) mass is 573 g/mol. The van der Waals surface area contributed by atoms with Crippen LogP contribution in [0.25, 0.3) is 0 Å². The molecule has 0 aliphatic carbocycles. The third-order valence-electron chi connectivity index (χ3n) is 7.27. The molecule has 2 heterocycles. The van der Waals surface area contributed by atoms with Crippen LogP contribution < -0.4 is 15.0 Å². The summed E-state index contributed by atoms with van der Waals surface area (Å²) in [5.74, 6) is 0.300. The lowest BCUT2D eigenvalue weighted by atomic mass is 10.0. The molecule has 1 amide bonds. The highest BCUT2D eigenvalue weighted by molar-refractivity contribution is 5.95. The van der Waals surface area contributed by atoms with Crippen LogP contribution in [0.2, 0.25) is 0 Å². The number of morpholine rings is 1. The number of fused-ring (bicyclic) bond motifs is 3. The molecule has 1 fully saturated rings. The molecule has 0 radical (unpaired) electrons. The van der Waals surface area contributed by atoms with Gasteiger partial charge in [-0.2, -0.15) is 0 Å². The van der Waals surface area contributed by atoms with E-state index in [2.05, 4.69) is 57.6 Å². The molecule has 9 heteroatoms. The first-order valence-electron chi connectivity index (χ1n) is 14.6. The van der Waals surface area contributed by atoms with Crippen molar-refractivity contribution in [3.05, 3.63) is 89.0 Å². The van der Waals surface area contributed by atoms with Crippen molar-refractivity contribution >= 4 is 23.3 Å². The van der Waals surface area contributed by atoms with Gasteiger partial charge in [0.15, 0.2) is 0 Å². The van der Waals surface area contributed by atoms with Gasteiger partial charge in [0.2, 0.25) is 5.91 Å². The van der Waals surface area contributed by atoms with Crippen molar-refractivity contribution in [3.63, 3.8) is 0 Å². The Kier molecular flexibility index (Phi) is 10.4. The average Bonchev–Trinajstić information content (AvgIpc) is 3.00. The van der Waals surface area contributed by atoms with Crippen molar-refractivity contribution in [2.24, 2.45) is 0 Å². The van der Waals surface area contributed by atoms with E-state index in [4.69, 9.17) is 18.9 Å². The van der Waals surface area contributed by atoms with Gasteiger partial charge < -0.3 is 29.2 Å². The van der Waals surface area contributed by atoms with E-state index in [1.807, 2.05) is 0 Å². The predicted octanol–water partition coefficient (Wildman–Crippen LogP) is 4.14. The summed E-state index contributed by atoms with van der Waals surface area (Å²) in [5, 5.41) is 2.92. The van der Waals surface area contributed by atoms with Gasteiger partial charge in [-0.1, -0.05) is 30.3 Å². The maximum absolute atomic E-state index is 13.0. The minimum atomic E-state index is -0.413. The Bertz CT molecular complexity index is 1360. The van der Waals surface area contributed by atoms with Crippen molar-refractivity contribution in [2.75, 3.05) is 76.0 Å². The molecule has 5 rings (SSSR count). The van der Waals surface area contributed by atoms with Crippen LogP contribution in [-0.4, -0.2) is 82.6 Å². The quantitative estimate of drug-likeness (QED) is 0.441. The van der Waals surface area contributed by atoms with Gasteiger partial charge in [-0.15, -0.1) is 0 Å². The maximum atomic E-state index is 13.0.